The third-order valence-corrected chi connectivity index (χ3v) is 3.50. The summed E-state index contributed by atoms with van der Waals surface area (Å²) in [5.41, 5.74) is 8.35. The summed E-state index contributed by atoms with van der Waals surface area (Å²) in [5.74, 6) is 0.306. The molecule has 0 saturated carbocycles. The summed E-state index contributed by atoms with van der Waals surface area (Å²) in [6.45, 7) is 0.898. The number of aryl methyl sites for hydroxylation is 1. The second-order valence-corrected chi connectivity index (χ2v) is 4.79. The number of nitrogens with two attached hydrogens (primary N) is 1. The van der Waals surface area contributed by atoms with Crippen LogP contribution in [-0.4, -0.2) is 17.6 Å². The number of rotatable bonds is 5. The van der Waals surface area contributed by atoms with Crippen molar-refractivity contribution in [2.45, 2.75) is 38.1 Å². The van der Waals surface area contributed by atoms with E-state index in [-0.39, 0.29) is 0 Å². The van der Waals surface area contributed by atoms with Crippen molar-refractivity contribution < 1.29 is 5.21 Å². The van der Waals surface area contributed by atoms with Crippen molar-refractivity contribution >= 4 is 5.84 Å². The van der Waals surface area contributed by atoms with E-state index in [4.69, 9.17) is 10.9 Å². The smallest absolute Gasteiger partial charge is 0.139 e. The van der Waals surface area contributed by atoms with Crippen LogP contribution in [0.15, 0.2) is 29.4 Å². The predicted molar refractivity (Wildman–Crippen MR) is 72.8 cm³/mol. The number of amidine groups is 1. The van der Waals surface area contributed by atoms with Gasteiger partial charge in [-0.3, -0.25) is 0 Å². The Hall–Kier alpha value is -1.55. The monoisotopic (exact) mass is 247 g/mol. The van der Waals surface area contributed by atoms with Crippen LogP contribution in [0.2, 0.25) is 0 Å². The average molecular weight is 247 g/mol. The Morgan fingerprint density at radius 3 is 3.11 bits per heavy atom. The van der Waals surface area contributed by atoms with Gasteiger partial charge < -0.3 is 16.3 Å². The zero-order valence-corrected chi connectivity index (χ0v) is 10.6. The predicted octanol–water partition coefficient (Wildman–Crippen LogP) is 2.18. The lowest BCUT2D eigenvalue weighted by Crippen LogP contribution is -2.26. The van der Waals surface area contributed by atoms with E-state index in [0.29, 0.717) is 18.3 Å². The van der Waals surface area contributed by atoms with Gasteiger partial charge in [-0.05, 0) is 43.4 Å². The first-order chi connectivity index (χ1) is 8.81. The zero-order valence-electron chi connectivity index (χ0n) is 10.6. The zero-order chi connectivity index (χ0) is 12.8. The van der Waals surface area contributed by atoms with Gasteiger partial charge in [-0.2, -0.15) is 0 Å². The molecule has 0 radical (unpaired) electrons. The maximum Gasteiger partial charge on any atom is 0.139 e. The molecular formula is C14H21N3O. The van der Waals surface area contributed by atoms with Gasteiger partial charge in [0.05, 0.1) is 0 Å². The van der Waals surface area contributed by atoms with Crippen LogP contribution in [0.3, 0.4) is 0 Å². The molecule has 0 heterocycles. The molecule has 98 valence electrons. The molecule has 0 bridgehead atoms. The van der Waals surface area contributed by atoms with Crippen molar-refractivity contribution in [3.8, 4) is 0 Å². The SMILES string of the molecule is NC(CCCNC1CCCc2ccccc21)=NO. The summed E-state index contributed by atoms with van der Waals surface area (Å²) < 4.78 is 0. The molecule has 0 saturated heterocycles. The summed E-state index contributed by atoms with van der Waals surface area (Å²) in [4.78, 5) is 0. The molecule has 1 aromatic rings. The molecule has 0 aromatic heterocycles. The van der Waals surface area contributed by atoms with E-state index in [1.807, 2.05) is 0 Å². The normalized spacial score (nSPS) is 19.6. The van der Waals surface area contributed by atoms with Gasteiger partial charge in [-0.15, -0.1) is 0 Å². The molecule has 18 heavy (non-hydrogen) atoms. The number of fused-ring (bicyclic) bond motifs is 1. The molecule has 4 nitrogen and oxygen atoms in total. The van der Waals surface area contributed by atoms with E-state index in [1.54, 1.807) is 0 Å². The minimum Gasteiger partial charge on any atom is -0.409 e. The van der Waals surface area contributed by atoms with Crippen LogP contribution in [0.5, 0.6) is 0 Å². The summed E-state index contributed by atoms with van der Waals surface area (Å²) >= 11 is 0. The van der Waals surface area contributed by atoms with Gasteiger partial charge in [-0.1, -0.05) is 29.4 Å². The Bertz CT molecular complexity index is 417. The van der Waals surface area contributed by atoms with Crippen LogP contribution in [0.4, 0.5) is 0 Å². The van der Waals surface area contributed by atoms with Crippen molar-refractivity contribution in [2.24, 2.45) is 10.9 Å². The van der Waals surface area contributed by atoms with Gasteiger partial charge in [0.1, 0.15) is 5.84 Å². The Balaban J connectivity index is 1.84. The molecule has 2 rings (SSSR count). The topological polar surface area (TPSA) is 70.6 Å². The van der Waals surface area contributed by atoms with Crippen LogP contribution >= 0.6 is 0 Å². The maximum absolute atomic E-state index is 8.46. The van der Waals surface area contributed by atoms with E-state index < -0.39 is 0 Å². The molecule has 4 N–H and O–H groups in total. The summed E-state index contributed by atoms with van der Waals surface area (Å²) in [7, 11) is 0. The molecule has 0 amide bonds. The van der Waals surface area contributed by atoms with Crippen molar-refractivity contribution in [1.82, 2.24) is 5.32 Å². The number of hydrogen-bond donors (Lipinski definition) is 3. The minimum atomic E-state index is 0.306. The average Bonchev–Trinajstić information content (AvgIpc) is 2.43. The molecule has 1 aliphatic rings. The van der Waals surface area contributed by atoms with Crippen LogP contribution in [0, 0.1) is 0 Å². The second-order valence-electron chi connectivity index (χ2n) is 4.79. The quantitative estimate of drug-likeness (QED) is 0.245. The first-order valence-electron chi connectivity index (χ1n) is 6.59. The number of hydrogen-bond acceptors (Lipinski definition) is 3. The van der Waals surface area contributed by atoms with Crippen molar-refractivity contribution in [2.75, 3.05) is 6.54 Å². The number of oxime groups is 1. The lowest BCUT2D eigenvalue weighted by molar-refractivity contribution is 0.316. The summed E-state index contributed by atoms with van der Waals surface area (Å²) in [6.07, 6.45) is 5.17. The van der Waals surface area contributed by atoms with E-state index in [9.17, 15) is 0 Å². The fourth-order valence-electron chi connectivity index (χ4n) is 2.56. The van der Waals surface area contributed by atoms with Crippen LogP contribution in [0.25, 0.3) is 0 Å². The summed E-state index contributed by atoms with van der Waals surface area (Å²) in [5, 5.41) is 15.0. The second kappa shape index (κ2) is 6.40. The van der Waals surface area contributed by atoms with Crippen LogP contribution < -0.4 is 11.1 Å². The maximum atomic E-state index is 8.46. The van der Waals surface area contributed by atoms with Crippen molar-refractivity contribution in [3.05, 3.63) is 35.4 Å². The van der Waals surface area contributed by atoms with Gasteiger partial charge in [0, 0.05) is 12.5 Å². The van der Waals surface area contributed by atoms with Gasteiger partial charge in [0.25, 0.3) is 0 Å². The van der Waals surface area contributed by atoms with Crippen molar-refractivity contribution in [3.63, 3.8) is 0 Å². The van der Waals surface area contributed by atoms with E-state index in [2.05, 4.69) is 34.7 Å². The van der Waals surface area contributed by atoms with Crippen molar-refractivity contribution in [1.29, 1.82) is 0 Å². The summed E-state index contributed by atoms with van der Waals surface area (Å²) in [6, 6.07) is 9.12. The van der Waals surface area contributed by atoms with E-state index in [0.717, 1.165) is 13.0 Å². The Labute approximate surface area is 108 Å². The van der Waals surface area contributed by atoms with Crippen LogP contribution in [0.1, 0.15) is 42.9 Å². The van der Waals surface area contributed by atoms with Crippen LogP contribution in [-0.2, 0) is 6.42 Å². The number of benzene rings is 1. The first-order valence-corrected chi connectivity index (χ1v) is 6.59. The number of nitrogens with one attached hydrogen (secondary N) is 1. The van der Waals surface area contributed by atoms with Gasteiger partial charge in [0.2, 0.25) is 0 Å². The minimum absolute atomic E-state index is 0.306. The highest BCUT2D eigenvalue weighted by Gasteiger charge is 2.18. The molecule has 1 aliphatic carbocycles. The van der Waals surface area contributed by atoms with Gasteiger partial charge in [-0.25, -0.2) is 0 Å². The molecule has 1 aromatic carbocycles. The molecule has 4 heteroatoms. The first kappa shape index (κ1) is 12.9. The highest BCUT2D eigenvalue weighted by Crippen LogP contribution is 2.29. The fourth-order valence-corrected chi connectivity index (χ4v) is 2.56. The molecule has 1 unspecified atom stereocenters. The third-order valence-electron chi connectivity index (χ3n) is 3.50. The van der Waals surface area contributed by atoms with Gasteiger partial charge in [0.15, 0.2) is 0 Å². The Morgan fingerprint density at radius 2 is 2.28 bits per heavy atom. The largest absolute Gasteiger partial charge is 0.409 e. The Morgan fingerprint density at radius 1 is 1.44 bits per heavy atom. The van der Waals surface area contributed by atoms with E-state index in [1.165, 1.54) is 30.4 Å². The number of nitrogens with zero attached hydrogens (tertiary/aromatic N) is 1. The lowest BCUT2D eigenvalue weighted by atomic mass is 9.88. The Kier molecular flexibility index (Phi) is 4.59. The fraction of sp³-hybridized carbons (Fsp3) is 0.500. The molecule has 1 atom stereocenters. The molecule has 0 aliphatic heterocycles. The molecular weight excluding hydrogens is 226 g/mol. The standard InChI is InChI=1S/C14H21N3O/c15-14(17-18)9-4-10-16-13-8-3-6-11-5-1-2-7-12(11)13/h1-2,5,7,13,16,18H,3-4,6,8-10H2,(H2,15,17). The van der Waals surface area contributed by atoms with Gasteiger partial charge >= 0.3 is 0 Å². The molecule has 0 fully saturated rings. The van der Waals surface area contributed by atoms with E-state index >= 15 is 0 Å². The lowest BCUT2D eigenvalue weighted by Gasteiger charge is -2.26. The third kappa shape index (κ3) is 3.23. The highest BCUT2D eigenvalue weighted by atomic mass is 16.4. The highest BCUT2D eigenvalue weighted by molar-refractivity contribution is 5.79. The molecule has 0 spiro atoms.